The molecule has 1 aliphatic carbocycles. The molecule has 1 unspecified atom stereocenters. The molecule has 1 atom stereocenters. The van der Waals surface area contributed by atoms with Crippen LogP contribution in [0.25, 0.3) is 0 Å². The van der Waals surface area contributed by atoms with Crippen LogP contribution in [0.2, 0.25) is 0 Å². The van der Waals surface area contributed by atoms with E-state index in [4.69, 9.17) is 9.47 Å². The molecule has 0 spiro atoms. The van der Waals surface area contributed by atoms with Gasteiger partial charge in [0.25, 0.3) is 0 Å². The molecule has 1 N–H and O–H groups in total. The van der Waals surface area contributed by atoms with Gasteiger partial charge in [-0.25, -0.2) is 4.39 Å². The topological polar surface area (TPSA) is 30.5 Å². The van der Waals surface area contributed by atoms with Gasteiger partial charge in [0.15, 0.2) is 0 Å². The molecule has 0 bridgehead atoms. The minimum atomic E-state index is -0.220. The molecular weight excluding hydrogens is 409 g/mol. The van der Waals surface area contributed by atoms with Crippen LogP contribution in [0.3, 0.4) is 0 Å². The fourth-order valence-corrected chi connectivity index (χ4v) is 5.24. The zero-order valence-corrected chi connectivity index (χ0v) is 19.4. The van der Waals surface area contributed by atoms with Crippen molar-refractivity contribution in [3.05, 3.63) is 59.4 Å². The summed E-state index contributed by atoms with van der Waals surface area (Å²) in [5, 5.41) is 4.41. The molecule has 31 heavy (non-hydrogen) atoms. The summed E-state index contributed by atoms with van der Waals surface area (Å²) in [7, 11) is 0. The lowest BCUT2D eigenvalue weighted by molar-refractivity contribution is 0.138. The minimum absolute atomic E-state index is 0.195. The number of rotatable bonds is 8. The highest BCUT2D eigenvalue weighted by molar-refractivity contribution is 7.99. The Bertz CT molecular complexity index is 851. The highest BCUT2D eigenvalue weighted by Crippen LogP contribution is 2.38. The first-order chi connectivity index (χ1) is 15.1. The van der Waals surface area contributed by atoms with E-state index in [2.05, 4.69) is 25.2 Å². The first kappa shape index (κ1) is 22.5. The predicted octanol–water partition coefficient (Wildman–Crippen LogP) is 6.31. The molecular formula is C26H34FNO2S. The van der Waals surface area contributed by atoms with E-state index in [1.165, 1.54) is 24.7 Å². The SMILES string of the molecule is CC(C)SCCNC1CCC(Oc2ccc3c(c2)CCC(c2ccccc2F)O3)CC1. The van der Waals surface area contributed by atoms with Crippen LogP contribution in [-0.2, 0) is 6.42 Å². The summed E-state index contributed by atoms with van der Waals surface area (Å²) in [5.74, 6) is 2.76. The maximum absolute atomic E-state index is 14.1. The largest absolute Gasteiger partial charge is 0.490 e. The molecule has 0 amide bonds. The van der Waals surface area contributed by atoms with Crippen LogP contribution in [0.15, 0.2) is 42.5 Å². The molecule has 168 valence electrons. The van der Waals surface area contributed by atoms with Gasteiger partial charge in [0.2, 0.25) is 0 Å². The predicted molar refractivity (Wildman–Crippen MR) is 127 cm³/mol. The second-order valence-electron chi connectivity index (χ2n) is 8.90. The van der Waals surface area contributed by atoms with Crippen LogP contribution in [-0.4, -0.2) is 29.7 Å². The van der Waals surface area contributed by atoms with E-state index >= 15 is 0 Å². The number of thioether (sulfide) groups is 1. The van der Waals surface area contributed by atoms with Crippen molar-refractivity contribution in [3.8, 4) is 11.5 Å². The van der Waals surface area contributed by atoms with Crippen molar-refractivity contribution in [3.63, 3.8) is 0 Å². The lowest BCUT2D eigenvalue weighted by Gasteiger charge is -2.30. The molecule has 1 heterocycles. The van der Waals surface area contributed by atoms with Crippen LogP contribution in [0.1, 0.15) is 63.2 Å². The molecule has 3 nitrogen and oxygen atoms in total. The number of aryl methyl sites for hydroxylation is 1. The van der Waals surface area contributed by atoms with E-state index < -0.39 is 0 Å². The lowest BCUT2D eigenvalue weighted by Crippen LogP contribution is -2.37. The maximum Gasteiger partial charge on any atom is 0.130 e. The monoisotopic (exact) mass is 443 g/mol. The molecule has 0 saturated heterocycles. The Morgan fingerprint density at radius 2 is 1.90 bits per heavy atom. The van der Waals surface area contributed by atoms with Crippen molar-refractivity contribution >= 4 is 11.8 Å². The highest BCUT2D eigenvalue weighted by atomic mass is 32.2. The van der Waals surface area contributed by atoms with E-state index in [0.29, 0.717) is 16.9 Å². The molecule has 1 saturated carbocycles. The van der Waals surface area contributed by atoms with Gasteiger partial charge in [0, 0.05) is 23.9 Å². The Morgan fingerprint density at radius 1 is 1.10 bits per heavy atom. The van der Waals surface area contributed by atoms with Gasteiger partial charge in [-0.1, -0.05) is 32.0 Å². The summed E-state index contributed by atoms with van der Waals surface area (Å²) in [6.45, 7) is 5.60. The second-order valence-corrected chi connectivity index (χ2v) is 10.6. The van der Waals surface area contributed by atoms with Crippen molar-refractivity contribution in [2.45, 2.75) is 75.9 Å². The van der Waals surface area contributed by atoms with Gasteiger partial charge in [0.1, 0.15) is 23.4 Å². The Balaban J connectivity index is 1.26. The number of halogens is 1. The summed E-state index contributed by atoms with van der Waals surface area (Å²) < 4.78 is 26.5. The van der Waals surface area contributed by atoms with Crippen LogP contribution in [0.4, 0.5) is 4.39 Å². The number of benzene rings is 2. The van der Waals surface area contributed by atoms with Crippen LogP contribution < -0.4 is 14.8 Å². The van der Waals surface area contributed by atoms with Crippen molar-refractivity contribution < 1.29 is 13.9 Å². The third kappa shape index (κ3) is 6.17. The molecule has 2 aromatic rings. The summed E-state index contributed by atoms with van der Waals surface area (Å²) in [4.78, 5) is 0. The average molecular weight is 444 g/mol. The molecule has 5 heteroatoms. The Morgan fingerprint density at radius 3 is 2.68 bits per heavy atom. The van der Waals surface area contributed by atoms with Crippen molar-refractivity contribution in [2.24, 2.45) is 0 Å². The van der Waals surface area contributed by atoms with Crippen molar-refractivity contribution in [1.29, 1.82) is 0 Å². The number of ether oxygens (including phenoxy) is 2. The minimum Gasteiger partial charge on any atom is -0.490 e. The first-order valence-corrected chi connectivity index (χ1v) is 12.7. The highest BCUT2D eigenvalue weighted by Gasteiger charge is 2.25. The number of hydrogen-bond donors (Lipinski definition) is 1. The maximum atomic E-state index is 14.1. The molecule has 2 aromatic carbocycles. The zero-order valence-electron chi connectivity index (χ0n) is 18.6. The molecule has 2 aliphatic rings. The van der Waals surface area contributed by atoms with E-state index in [-0.39, 0.29) is 18.0 Å². The molecule has 0 radical (unpaired) electrons. The smallest absolute Gasteiger partial charge is 0.130 e. The molecule has 4 rings (SSSR count). The standard InChI is InChI=1S/C26H34FNO2S/c1-18(2)31-16-15-28-20-8-10-21(11-9-20)29-22-12-14-25-19(17-22)7-13-26(30-25)23-5-3-4-6-24(23)27/h3-6,12,14,17-18,20-21,26,28H,7-11,13,15-16H2,1-2H3. The van der Waals surface area contributed by atoms with Crippen LogP contribution in [0.5, 0.6) is 11.5 Å². The van der Waals surface area contributed by atoms with E-state index in [1.54, 1.807) is 6.07 Å². The Kier molecular flexibility index (Phi) is 7.78. The zero-order chi connectivity index (χ0) is 21.6. The van der Waals surface area contributed by atoms with Gasteiger partial charge in [-0.2, -0.15) is 11.8 Å². The summed E-state index contributed by atoms with van der Waals surface area (Å²) in [5.41, 5.74) is 1.80. The third-order valence-electron chi connectivity index (χ3n) is 6.19. The second kappa shape index (κ2) is 10.7. The average Bonchev–Trinajstić information content (AvgIpc) is 2.78. The summed E-state index contributed by atoms with van der Waals surface area (Å²) in [6, 6.07) is 13.6. The Hall–Kier alpha value is -1.72. The molecule has 1 aliphatic heterocycles. The van der Waals surface area contributed by atoms with E-state index in [0.717, 1.165) is 49.3 Å². The van der Waals surface area contributed by atoms with Gasteiger partial charge in [-0.15, -0.1) is 0 Å². The summed E-state index contributed by atoms with van der Waals surface area (Å²) in [6.07, 6.45) is 6.26. The van der Waals surface area contributed by atoms with Gasteiger partial charge in [0.05, 0.1) is 6.10 Å². The fourth-order valence-electron chi connectivity index (χ4n) is 4.53. The molecule has 0 aromatic heterocycles. The number of hydrogen-bond acceptors (Lipinski definition) is 4. The van der Waals surface area contributed by atoms with Gasteiger partial charge in [-0.05, 0) is 73.6 Å². The first-order valence-electron chi connectivity index (χ1n) is 11.6. The van der Waals surface area contributed by atoms with Gasteiger partial charge < -0.3 is 14.8 Å². The van der Waals surface area contributed by atoms with Crippen LogP contribution in [0, 0.1) is 5.82 Å². The van der Waals surface area contributed by atoms with Gasteiger partial charge >= 0.3 is 0 Å². The van der Waals surface area contributed by atoms with E-state index in [1.807, 2.05) is 36.0 Å². The van der Waals surface area contributed by atoms with Crippen LogP contribution >= 0.6 is 11.8 Å². The Labute approximate surface area is 190 Å². The van der Waals surface area contributed by atoms with E-state index in [9.17, 15) is 4.39 Å². The quantitative estimate of drug-likeness (QED) is 0.484. The number of nitrogens with one attached hydrogen (secondary N) is 1. The lowest BCUT2D eigenvalue weighted by atomic mass is 9.93. The molecule has 1 fully saturated rings. The fraction of sp³-hybridized carbons (Fsp3) is 0.538. The number of fused-ring (bicyclic) bond motifs is 1. The van der Waals surface area contributed by atoms with Crippen molar-refractivity contribution in [1.82, 2.24) is 5.32 Å². The van der Waals surface area contributed by atoms with Crippen molar-refractivity contribution in [2.75, 3.05) is 12.3 Å². The normalized spacial score (nSPS) is 23.3. The third-order valence-corrected chi connectivity index (χ3v) is 7.30. The summed E-state index contributed by atoms with van der Waals surface area (Å²) >= 11 is 2.02. The van der Waals surface area contributed by atoms with Gasteiger partial charge in [-0.3, -0.25) is 0 Å².